The molecule has 0 amide bonds. The average molecular weight is 268 g/mol. The van der Waals surface area contributed by atoms with Gasteiger partial charge in [-0.15, -0.1) is 0 Å². The molecule has 0 aromatic carbocycles. The molecule has 1 heterocycles. The molecule has 2 atom stereocenters. The SMILES string of the molecule is CCOCCN(CC)C(c1ccc(C)o1)C(N)CC. The van der Waals surface area contributed by atoms with Gasteiger partial charge in [-0.3, -0.25) is 4.90 Å². The maximum atomic E-state index is 6.30. The Morgan fingerprint density at radius 3 is 2.53 bits per heavy atom. The Balaban J connectivity index is 2.81. The number of likely N-dealkylation sites (N-methyl/N-ethyl adjacent to an activating group) is 1. The lowest BCUT2D eigenvalue weighted by Gasteiger charge is -2.33. The van der Waals surface area contributed by atoms with Crippen LogP contribution in [0.15, 0.2) is 16.5 Å². The summed E-state index contributed by atoms with van der Waals surface area (Å²) in [5.41, 5.74) is 6.30. The quantitative estimate of drug-likeness (QED) is 0.700. The lowest BCUT2D eigenvalue weighted by Crippen LogP contribution is -2.42. The fourth-order valence-corrected chi connectivity index (χ4v) is 2.32. The minimum Gasteiger partial charge on any atom is -0.465 e. The lowest BCUT2D eigenvalue weighted by molar-refractivity contribution is 0.0816. The Bertz CT molecular complexity index is 352. The zero-order chi connectivity index (χ0) is 14.3. The molecular formula is C15H28N2O2. The number of hydrogen-bond donors (Lipinski definition) is 1. The Morgan fingerprint density at radius 2 is 2.05 bits per heavy atom. The highest BCUT2D eigenvalue weighted by atomic mass is 16.5. The van der Waals surface area contributed by atoms with Crippen LogP contribution in [-0.4, -0.2) is 37.2 Å². The molecule has 19 heavy (non-hydrogen) atoms. The molecule has 0 bridgehead atoms. The van der Waals surface area contributed by atoms with Gasteiger partial charge in [-0.05, 0) is 38.9 Å². The number of furan rings is 1. The topological polar surface area (TPSA) is 51.6 Å². The maximum Gasteiger partial charge on any atom is 0.122 e. The summed E-state index contributed by atoms with van der Waals surface area (Å²) in [4.78, 5) is 2.34. The number of aryl methyl sites for hydroxylation is 1. The molecule has 0 aliphatic carbocycles. The number of nitrogens with zero attached hydrogens (tertiary/aromatic N) is 1. The van der Waals surface area contributed by atoms with Crippen LogP contribution in [0.2, 0.25) is 0 Å². The molecule has 0 fully saturated rings. The van der Waals surface area contributed by atoms with Crippen LogP contribution in [0.5, 0.6) is 0 Å². The molecule has 2 N–H and O–H groups in total. The highest BCUT2D eigenvalue weighted by Crippen LogP contribution is 2.26. The monoisotopic (exact) mass is 268 g/mol. The molecule has 1 rings (SSSR count). The van der Waals surface area contributed by atoms with E-state index in [4.69, 9.17) is 14.9 Å². The van der Waals surface area contributed by atoms with E-state index in [1.165, 1.54) is 0 Å². The van der Waals surface area contributed by atoms with Gasteiger partial charge < -0.3 is 14.9 Å². The molecule has 2 unspecified atom stereocenters. The first-order chi connectivity index (χ1) is 9.13. The fraction of sp³-hybridized carbons (Fsp3) is 0.733. The van der Waals surface area contributed by atoms with Gasteiger partial charge in [-0.1, -0.05) is 13.8 Å². The summed E-state index contributed by atoms with van der Waals surface area (Å²) in [5, 5.41) is 0. The van der Waals surface area contributed by atoms with Crippen molar-refractivity contribution in [2.24, 2.45) is 5.73 Å². The number of hydrogen-bond acceptors (Lipinski definition) is 4. The summed E-state index contributed by atoms with van der Waals surface area (Å²) in [6, 6.07) is 4.25. The van der Waals surface area contributed by atoms with Gasteiger partial charge >= 0.3 is 0 Å². The zero-order valence-corrected chi connectivity index (χ0v) is 12.7. The molecule has 0 saturated heterocycles. The number of ether oxygens (including phenoxy) is 1. The summed E-state index contributed by atoms with van der Waals surface area (Å²) in [6.45, 7) is 11.5. The Kier molecular flexibility index (Phi) is 7.13. The maximum absolute atomic E-state index is 6.30. The van der Waals surface area contributed by atoms with Crippen LogP contribution in [0.3, 0.4) is 0 Å². The molecule has 4 nitrogen and oxygen atoms in total. The summed E-state index contributed by atoms with van der Waals surface area (Å²) < 4.78 is 11.3. The summed E-state index contributed by atoms with van der Waals surface area (Å²) in [6.07, 6.45) is 0.926. The van der Waals surface area contributed by atoms with Crippen molar-refractivity contribution in [3.63, 3.8) is 0 Å². The Hall–Kier alpha value is -0.840. The van der Waals surface area contributed by atoms with E-state index >= 15 is 0 Å². The van der Waals surface area contributed by atoms with Gasteiger partial charge in [0.15, 0.2) is 0 Å². The van der Waals surface area contributed by atoms with Crippen LogP contribution in [-0.2, 0) is 4.74 Å². The van der Waals surface area contributed by atoms with Gasteiger partial charge in [0.05, 0.1) is 12.6 Å². The first-order valence-electron chi connectivity index (χ1n) is 7.27. The standard InChI is InChI=1S/C15H28N2O2/c1-5-13(16)15(14-9-8-12(4)19-14)17(6-2)10-11-18-7-3/h8-9,13,15H,5-7,10-11,16H2,1-4H3. The fourth-order valence-electron chi connectivity index (χ4n) is 2.32. The third-order valence-corrected chi connectivity index (χ3v) is 3.46. The van der Waals surface area contributed by atoms with Crippen LogP contribution in [0.25, 0.3) is 0 Å². The van der Waals surface area contributed by atoms with Crippen molar-refractivity contribution in [1.82, 2.24) is 4.90 Å². The second kappa shape index (κ2) is 8.35. The number of nitrogens with two attached hydrogens (primary N) is 1. The second-order valence-electron chi connectivity index (χ2n) is 4.79. The molecule has 0 saturated carbocycles. The van der Waals surface area contributed by atoms with E-state index in [1.807, 2.05) is 26.0 Å². The van der Waals surface area contributed by atoms with Gasteiger partial charge in [-0.25, -0.2) is 0 Å². The van der Waals surface area contributed by atoms with E-state index in [2.05, 4.69) is 18.7 Å². The minimum atomic E-state index is 0.0760. The summed E-state index contributed by atoms with van der Waals surface area (Å²) in [7, 11) is 0. The molecule has 4 heteroatoms. The van der Waals surface area contributed by atoms with Gasteiger partial charge in [0.2, 0.25) is 0 Å². The average Bonchev–Trinajstić information content (AvgIpc) is 2.83. The lowest BCUT2D eigenvalue weighted by atomic mass is 10.0. The number of rotatable bonds is 9. The van der Waals surface area contributed by atoms with E-state index in [1.54, 1.807) is 0 Å². The predicted octanol–water partition coefficient (Wildman–Crippen LogP) is 2.72. The normalized spacial score (nSPS) is 14.8. The minimum absolute atomic E-state index is 0.0760. The van der Waals surface area contributed by atoms with Crippen molar-refractivity contribution in [2.75, 3.05) is 26.3 Å². The van der Waals surface area contributed by atoms with E-state index < -0.39 is 0 Å². The van der Waals surface area contributed by atoms with Gasteiger partial charge in [0, 0.05) is 19.2 Å². The molecule has 0 aliphatic rings. The first kappa shape index (κ1) is 16.2. The van der Waals surface area contributed by atoms with Crippen molar-refractivity contribution in [2.45, 2.75) is 46.2 Å². The first-order valence-corrected chi connectivity index (χ1v) is 7.27. The van der Waals surface area contributed by atoms with Crippen LogP contribution in [0.1, 0.15) is 44.8 Å². The van der Waals surface area contributed by atoms with E-state index in [9.17, 15) is 0 Å². The highest BCUT2D eigenvalue weighted by Gasteiger charge is 2.27. The van der Waals surface area contributed by atoms with Gasteiger partial charge in [0.25, 0.3) is 0 Å². The van der Waals surface area contributed by atoms with Crippen LogP contribution in [0.4, 0.5) is 0 Å². The largest absolute Gasteiger partial charge is 0.465 e. The Labute approximate surface area is 116 Å². The molecule has 0 spiro atoms. The van der Waals surface area contributed by atoms with Crippen molar-refractivity contribution >= 4 is 0 Å². The smallest absolute Gasteiger partial charge is 0.122 e. The molecule has 110 valence electrons. The third-order valence-electron chi connectivity index (χ3n) is 3.46. The van der Waals surface area contributed by atoms with Crippen molar-refractivity contribution in [3.05, 3.63) is 23.7 Å². The van der Waals surface area contributed by atoms with Gasteiger partial charge in [-0.2, -0.15) is 0 Å². The highest BCUT2D eigenvalue weighted by molar-refractivity contribution is 5.12. The third kappa shape index (κ3) is 4.64. The van der Waals surface area contributed by atoms with Crippen LogP contribution >= 0.6 is 0 Å². The molecular weight excluding hydrogens is 240 g/mol. The summed E-state index contributed by atoms with van der Waals surface area (Å²) >= 11 is 0. The second-order valence-corrected chi connectivity index (χ2v) is 4.79. The zero-order valence-electron chi connectivity index (χ0n) is 12.7. The Morgan fingerprint density at radius 1 is 1.32 bits per heavy atom. The van der Waals surface area contributed by atoms with Crippen LogP contribution in [0, 0.1) is 6.92 Å². The van der Waals surface area contributed by atoms with Crippen molar-refractivity contribution in [1.29, 1.82) is 0 Å². The van der Waals surface area contributed by atoms with E-state index in [-0.39, 0.29) is 12.1 Å². The predicted molar refractivity (Wildman–Crippen MR) is 78.2 cm³/mol. The molecule has 1 aromatic rings. The van der Waals surface area contributed by atoms with E-state index in [0.717, 1.165) is 44.2 Å². The van der Waals surface area contributed by atoms with Crippen LogP contribution < -0.4 is 5.73 Å². The van der Waals surface area contributed by atoms with Gasteiger partial charge in [0.1, 0.15) is 11.5 Å². The summed E-state index contributed by atoms with van der Waals surface area (Å²) in [5.74, 6) is 1.90. The molecule has 0 radical (unpaired) electrons. The molecule has 0 aliphatic heterocycles. The van der Waals surface area contributed by atoms with Crippen molar-refractivity contribution in [3.8, 4) is 0 Å². The molecule has 1 aromatic heterocycles. The van der Waals surface area contributed by atoms with Crippen molar-refractivity contribution < 1.29 is 9.15 Å². The van der Waals surface area contributed by atoms with E-state index in [0.29, 0.717) is 0 Å².